The van der Waals surface area contributed by atoms with Crippen molar-refractivity contribution in [2.24, 2.45) is 0 Å². The molecule has 8 heteroatoms. The van der Waals surface area contributed by atoms with Crippen LogP contribution in [0.3, 0.4) is 0 Å². The van der Waals surface area contributed by atoms with E-state index in [9.17, 15) is 9.90 Å². The van der Waals surface area contributed by atoms with Gasteiger partial charge in [0.15, 0.2) is 11.4 Å². The normalized spacial score (nSPS) is 11.0. The molecular weight excluding hydrogens is 396 g/mol. The molecule has 0 bridgehead atoms. The number of aromatic amines is 1. The highest BCUT2D eigenvalue weighted by Gasteiger charge is 2.14. The third kappa shape index (κ3) is 4.10. The number of nitrogens with zero attached hydrogens (tertiary/aromatic N) is 3. The molecule has 0 amide bonds. The van der Waals surface area contributed by atoms with Crippen LogP contribution in [-0.4, -0.2) is 45.3 Å². The summed E-state index contributed by atoms with van der Waals surface area (Å²) >= 11 is 0. The molecule has 0 spiro atoms. The van der Waals surface area contributed by atoms with Gasteiger partial charge in [-0.2, -0.15) is 5.10 Å². The van der Waals surface area contributed by atoms with Gasteiger partial charge in [-0.05, 0) is 42.8 Å². The minimum atomic E-state index is -0.134. The molecule has 0 saturated heterocycles. The second-order valence-corrected chi connectivity index (χ2v) is 7.11. The summed E-state index contributed by atoms with van der Waals surface area (Å²) in [6.45, 7) is 1.76. The summed E-state index contributed by atoms with van der Waals surface area (Å²) in [6, 6.07) is 10.8. The van der Waals surface area contributed by atoms with Crippen molar-refractivity contribution in [1.29, 1.82) is 0 Å². The predicted octanol–water partition coefficient (Wildman–Crippen LogP) is 3.26. The van der Waals surface area contributed by atoms with Gasteiger partial charge >= 0.3 is 0 Å². The summed E-state index contributed by atoms with van der Waals surface area (Å²) in [6.07, 6.45) is 1.88. The maximum Gasteiger partial charge on any atom is 0.181 e. The minimum absolute atomic E-state index is 0.0721. The number of pyridine rings is 2. The van der Waals surface area contributed by atoms with Crippen LogP contribution in [0.4, 0.5) is 0 Å². The lowest BCUT2D eigenvalue weighted by Gasteiger charge is -2.10. The van der Waals surface area contributed by atoms with Crippen molar-refractivity contribution < 1.29 is 19.4 Å². The number of hydrogen-bond donors (Lipinski definition) is 2. The van der Waals surface area contributed by atoms with Gasteiger partial charge < -0.3 is 14.6 Å². The van der Waals surface area contributed by atoms with E-state index in [-0.39, 0.29) is 18.8 Å². The van der Waals surface area contributed by atoms with E-state index in [1.807, 2.05) is 25.1 Å². The molecule has 0 atom stereocenters. The molecule has 8 nitrogen and oxygen atoms in total. The maximum atomic E-state index is 12.9. The van der Waals surface area contributed by atoms with Crippen LogP contribution in [0, 0.1) is 6.92 Å². The summed E-state index contributed by atoms with van der Waals surface area (Å²) in [5.41, 5.74) is 4.74. The fourth-order valence-electron chi connectivity index (χ4n) is 3.41. The Hall–Kier alpha value is -3.78. The van der Waals surface area contributed by atoms with Crippen molar-refractivity contribution in [3.05, 3.63) is 65.1 Å². The first-order valence-electron chi connectivity index (χ1n) is 9.69. The van der Waals surface area contributed by atoms with Gasteiger partial charge in [-0.3, -0.25) is 14.9 Å². The number of nitrogens with one attached hydrogen (secondary N) is 1. The van der Waals surface area contributed by atoms with Crippen molar-refractivity contribution in [2.45, 2.75) is 20.0 Å². The van der Waals surface area contributed by atoms with Crippen LogP contribution >= 0.6 is 0 Å². The van der Waals surface area contributed by atoms with Crippen molar-refractivity contribution in [3.8, 4) is 22.8 Å². The molecule has 0 aliphatic carbocycles. The average Bonchev–Trinajstić information content (AvgIpc) is 3.22. The highest BCUT2D eigenvalue weighted by Crippen LogP contribution is 2.26. The Morgan fingerprint density at radius 1 is 1.10 bits per heavy atom. The zero-order valence-corrected chi connectivity index (χ0v) is 17.5. The number of benzene rings is 1. The molecular formula is C23H22N4O4. The molecule has 4 rings (SSSR count). The Labute approximate surface area is 178 Å². The van der Waals surface area contributed by atoms with Crippen LogP contribution in [0.15, 0.2) is 42.6 Å². The highest BCUT2D eigenvalue weighted by atomic mass is 16.5. The van der Waals surface area contributed by atoms with E-state index in [4.69, 9.17) is 9.47 Å². The molecule has 0 unspecified atom stereocenters. The summed E-state index contributed by atoms with van der Waals surface area (Å²) in [5.74, 6) is 1.05. The van der Waals surface area contributed by atoms with Crippen molar-refractivity contribution in [3.63, 3.8) is 0 Å². The third-order valence-electron chi connectivity index (χ3n) is 5.11. The summed E-state index contributed by atoms with van der Waals surface area (Å²) in [7, 11) is 3.10. The van der Waals surface area contributed by atoms with E-state index in [2.05, 4.69) is 20.2 Å². The first kappa shape index (κ1) is 20.5. The number of ketones is 1. The van der Waals surface area contributed by atoms with Gasteiger partial charge in [-0.25, -0.2) is 4.98 Å². The number of carbonyl (C=O) groups is 1. The van der Waals surface area contributed by atoms with E-state index in [0.29, 0.717) is 34.1 Å². The first-order valence-corrected chi connectivity index (χ1v) is 9.69. The van der Waals surface area contributed by atoms with Gasteiger partial charge in [-0.1, -0.05) is 0 Å². The topological polar surface area (TPSA) is 110 Å². The molecule has 2 N–H and O–H groups in total. The summed E-state index contributed by atoms with van der Waals surface area (Å²) in [4.78, 5) is 21.9. The first-order chi connectivity index (χ1) is 15.0. The Morgan fingerprint density at radius 3 is 2.52 bits per heavy atom. The Bertz CT molecular complexity index is 1240. The van der Waals surface area contributed by atoms with Crippen LogP contribution in [0.25, 0.3) is 22.3 Å². The Morgan fingerprint density at radius 2 is 1.84 bits per heavy atom. The zero-order valence-electron chi connectivity index (χ0n) is 17.5. The van der Waals surface area contributed by atoms with Crippen LogP contribution in [0.5, 0.6) is 11.5 Å². The van der Waals surface area contributed by atoms with Crippen LogP contribution < -0.4 is 9.47 Å². The number of fused-ring (bicyclic) bond motifs is 1. The van der Waals surface area contributed by atoms with Crippen LogP contribution in [-0.2, 0) is 13.0 Å². The number of ether oxygens (including phenoxy) is 2. The lowest BCUT2D eigenvalue weighted by atomic mass is 10.0. The second-order valence-electron chi connectivity index (χ2n) is 7.11. The molecule has 31 heavy (non-hydrogen) atoms. The maximum absolute atomic E-state index is 12.9. The van der Waals surface area contributed by atoms with Crippen molar-refractivity contribution in [1.82, 2.24) is 20.2 Å². The van der Waals surface area contributed by atoms with E-state index in [0.717, 1.165) is 22.2 Å². The number of aromatic nitrogens is 4. The number of Topliss-reactive ketones (excluding diaryl/α,β-unsaturated/α-hetero) is 1. The molecule has 1 aromatic carbocycles. The van der Waals surface area contributed by atoms with E-state index in [1.54, 1.807) is 38.6 Å². The summed E-state index contributed by atoms with van der Waals surface area (Å²) < 4.78 is 10.5. The molecule has 158 valence electrons. The fraction of sp³-hybridized carbons (Fsp3) is 0.217. The molecule has 3 heterocycles. The molecule has 0 radical (unpaired) electrons. The van der Waals surface area contributed by atoms with Gasteiger partial charge in [-0.15, -0.1) is 0 Å². The third-order valence-corrected chi connectivity index (χ3v) is 5.11. The fourth-order valence-corrected chi connectivity index (χ4v) is 3.41. The lowest BCUT2D eigenvalue weighted by molar-refractivity contribution is 0.0992. The van der Waals surface area contributed by atoms with Gasteiger partial charge in [0.2, 0.25) is 0 Å². The molecule has 3 aromatic heterocycles. The van der Waals surface area contributed by atoms with E-state index in [1.165, 1.54) is 0 Å². The summed E-state index contributed by atoms with van der Waals surface area (Å²) in [5, 5.41) is 17.1. The second kappa shape index (κ2) is 8.53. The van der Waals surface area contributed by atoms with E-state index >= 15 is 0 Å². The quantitative estimate of drug-likeness (QED) is 0.443. The van der Waals surface area contributed by atoms with Gasteiger partial charge in [0.05, 0.1) is 32.2 Å². The minimum Gasteiger partial charge on any atom is -0.497 e. The number of carbonyl (C=O) groups excluding carboxylic acids is 1. The van der Waals surface area contributed by atoms with Crippen molar-refractivity contribution >= 4 is 16.8 Å². The Kier molecular flexibility index (Phi) is 5.64. The monoisotopic (exact) mass is 418 g/mol. The lowest BCUT2D eigenvalue weighted by Crippen LogP contribution is -2.06. The molecule has 0 aliphatic rings. The average molecular weight is 418 g/mol. The standard InChI is InChI=1S/C23H22N4O4/c1-13-19(20-5-4-18-21(12-28)26-27-23(18)25-20)6-14(11-24-13)7-22(29)15-8-16(30-2)10-17(9-15)31-3/h4-6,8-11,28H,7,12H2,1-3H3,(H,25,26,27). The number of hydrogen-bond acceptors (Lipinski definition) is 7. The number of aliphatic hydroxyl groups excluding tert-OH is 1. The largest absolute Gasteiger partial charge is 0.497 e. The van der Waals surface area contributed by atoms with Gasteiger partial charge in [0, 0.05) is 40.9 Å². The number of rotatable bonds is 7. The number of aryl methyl sites for hydroxylation is 1. The predicted molar refractivity (Wildman–Crippen MR) is 115 cm³/mol. The smallest absolute Gasteiger partial charge is 0.181 e. The number of aliphatic hydroxyl groups is 1. The van der Waals surface area contributed by atoms with E-state index < -0.39 is 0 Å². The Balaban J connectivity index is 1.65. The van der Waals surface area contributed by atoms with Crippen LogP contribution in [0.1, 0.15) is 27.3 Å². The number of methoxy groups -OCH3 is 2. The van der Waals surface area contributed by atoms with Gasteiger partial charge in [0.25, 0.3) is 0 Å². The molecule has 0 aliphatic heterocycles. The SMILES string of the molecule is COc1cc(OC)cc(C(=O)Cc2cnc(C)c(-c3ccc4c(CO)[nH]nc4n3)c2)c1. The zero-order chi connectivity index (χ0) is 22.0. The molecule has 4 aromatic rings. The van der Waals surface area contributed by atoms with Gasteiger partial charge in [0.1, 0.15) is 11.5 Å². The van der Waals surface area contributed by atoms with Crippen molar-refractivity contribution in [2.75, 3.05) is 14.2 Å². The molecule has 0 saturated carbocycles. The molecule has 0 fully saturated rings. The van der Waals surface area contributed by atoms with Crippen LogP contribution in [0.2, 0.25) is 0 Å². The number of H-pyrrole nitrogens is 1. The highest BCUT2D eigenvalue weighted by molar-refractivity contribution is 5.98.